The number of nitrogens with zero attached hydrogens (tertiary/aromatic N) is 2. The van der Waals surface area contributed by atoms with Crippen molar-refractivity contribution >= 4 is 29.6 Å². The van der Waals surface area contributed by atoms with Crippen LogP contribution in [0.2, 0.25) is 0 Å². The van der Waals surface area contributed by atoms with Crippen molar-refractivity contribution in [1.29, 1.82) is 0 Å². The zero-order valence-corrected chi connectivity index (χ0v) is 28.1. The van der Waals surface area contributed by atoms with Gasteiger partial charge in [-0.05, 0) is 97.4 Å². The van der Waals surface area contributed by atoms with Crippen molar-refractivity contribution in [3.05, 3.63) is 17.5 Å². The predicted octanol–water partition coefficient (Wildman–Crippen LogP) is 6.35. The van der Waals surface area contributed by atoms with Crippen LogP contribution < -0.4 is 5.32 Å². The van der Waals surface area contributed by atoms with E-state index in [2.05, 4.69) is 62.0 Å². The van der Waals surface area contributed by atoms with Crippen LogP contribution in [0.4, 0.5) is 5.95 Å². The summed E-state index contributed by atoms with van der Waals surface area (Å²) in [5.41, 5.74) is -0.369. The molecule has 9 unspecified atom stereocenters. The van der Waals surface area contributed by atoms with E-state index in [-0.39, 0.29) is 80.4 Å². The van der Waals surface area contributed by atoms with E-state index in [1.165, 1.54) is 12.5 Å². The number of carboxylic acid groups (broad SMARTS) is 1. The van der Waals surface area contributed by atoms with E-state index in [0.717, 1.165) is 44.9 Å². The van der Waals surface area contributed by atoms with Crippen molar-refractivity contribution in [1.82, 2.24) is 15.2 Å². The first-order valence-corrected chi connectivity index (χ1v) is 16.7. The number of ether oxygens (including phenoxy) is 1. The molecule has 3 N–H and O–H groups in total. The first kappa shape index (κ1) is 31.9. The molecule has 1 aromatic rings. The van der Waals surface area contributed by atoms with Crippen molar-refractivity contribution in [3.8, 4) is 0 Å². The highest BCUT2D eigenvalue weighted by Crippen LogP contribution is 2.75. The molecular weight excluding hydrogens is 572 g/mol. The Balaban J connectivity index is 1.33. The van der Waals surface area contributed by atoms with Crippen LogP contribution in [0.25, 0.3) is 0 Å². The number of allylic oxidation sites excluding steroid dienone is 2. The van der Waals surface area contributed by atoms with E-state index < -0.39 is 11.4 Å². The number of carbonyl (C=O) groups excluding carboxylic acids is 3. The fourth-order valence-corrected chi connectivity index (χ4v) is 11.4. The molecule has 9 atom stereocenters. The number of hydrogen-bond acceptors (Lipinski definition) is 7. The summed E-state index contributed by atoms with van der Waals surface area (Å²) in [5, 5.41) is 18.2. The van der Waals surface area contributed by atoms with Gasteiger partial charge in [0.2, 0.25) is 17.7 Å². The number of aromatic amines is 1. The molecule has 0 bridgehead atoms. The monoisotopic (exact) mass is 622 g/mol. The molecule has 10 nitrogen and oxygen atoms in total. The van der Waals surface area contributed by atoms with Gasteiger partial charge in [-0.3, -0.25) is 24.8 Å². The maximum absolute atomic E-state index is 14.6. The SMILES string of the molecule is CC(=O)OC1CCC2(C)C(CCC3(C)C2C(=O)C=C2C4CC(C)(C(=O)Nc5n[nH]c(C(=O)O)n5)CCC4(C)CCC23C)C1(C)C. The number of H-pyrrole nitrogens is 1. The minimum absolute atomic E-state index is 0.0130. The van der Waals surface area contributed by atoms with Gasteiger partial charge in [0.25, 0.3) is 0 Å². The predicted molar refractivity (Wildman–Crippen MR) is 167 cm³/mol. The first-order valence-electron chi connectivity index (χ1n) is 16.7. The molecule has 1 amide bonds. The fraction of sp³-hybridized carbons (Fsp3) is 0.771. The largest absolute Gasteiger partial charge is 0.475 e. The van der Waals surface area contributed by atoms with E-state index in [1.807, 2.05) is 13.0 Å². The molecule has 0 aliphatic heterocycles. The summed E-state index contributed by atoms with van der Waals surface area (Å²) in [6.07, 6.45) is 9.63. The quantitative estimate of drug-likeness (QED) is 0.329. The second kappa shape index (κ2) is 9.98. The van der Waals surface area contributed by atoms with Gasteiger partial charge in [-0.15, -0.1) is 5.10 Å². The number of ketones is 1. The third kappa shape index (κ3) is 4.47. The molecule has 4 fully saturated rings. The van der Waals surface area contributed by atoms with Crippen molar-refractivity contribution in [2.45, 2.75) is 119 Å². The molecule has 0 saturated heterocycles. The number of nitrogens with one attached hydrogen (secondary N) is 2. The lowest BCUT2D eigenvalue weighted by atomic mass is 9.33. The van der Waals surface area contributed by atoms with Gasteiger partial charge in [0, 0.05) is 23.7 Å². The number of amides is 1. The summed E-state index contributed by atoms with van der Waals surface area (Å²) >= 11 is 0. The van der Waals surface area contributed by atoms with Gasteiger partial charge < -0.3 is 9.84 Å². The van der Waals surface area contributed by atoms with Crippen LogP contribution >= 0.6 is 0 Å². The fourth-order valence-electron chi connectivity index (χ4n) is 11.4. The molecule has 1 heterocycles. The Morgan fingerprint density at radius 1 is 0.978 bits per heavy atom. The van der Waals surface area contributed by atoms with Crippen LogP contribution in [0.15, 0.2) is 11.6 Å². The molecule has 0 spiro atoms. The van der Waals surface area contributed by atoms with E-state index in [1.54, 1.807) is 0 Å². The molecule has 4 saturated carbocycles. The Kier molecular flexibility index (Phi) is 7.08. The van der Waals surface area contributed by atoms with Gasteiger partial charge in [0.05, 0.1) is 0 Å². The van der Waals surface area contributed by atoms with Gasteiger partial charge in [0.1, 0.15) is 6.10 Å². The minimum atomic E-state index is -1.24. The van der Waals surface area contributed by atoms with Crippen molar-refractivity contribution in [2.24, 2.45) is 50.2 Å². The molecule has 5 aliphatic carbocycles. The van der Waals surface area contributed by atoms with Gasteiger partial charge in [-0.25, -0.2) is 4.79 Å². The lowest BCUT2D eigenvalue weighted by Gasteiger charge is -2.70. The zero-order chi connectivity index (χ0) is 33.0. The molecule has 10 heteroatoms. The summed E-state index contributed by atoms with van der Waals surface area (Å²) in [4.78, 5) is 55.5. The van der Waals surface area contributed by atoms with Crippen molar-refractivity contribution in [2.75, 3.05) is 5.32 Å². The zero-order valence-electron chi connectivity index (χ0n) is 28.1. The highest BCUT2D eigenvalue weighted by molar-refractivity contribution is 5.96. The standard InChI is InChI=1S/C35H50N4O6/c1-19(40)45-24-10-11-33(6)23(30(24,2)3)9-12-35(8)25(33)22(41)17-20-21-18-32(5,14-13-31(21,4)15-16-34(20,35)7)28(44)37-29-36-26(27(42)43)38-39-29/h17,21,23-25H,9-16,18H2,1-8H3,(H,42,43)(H2,36,37,38,39,44). The number of esters is 1. The number of aromatic carboxylic acids is 1. The lowest BCUT2D eigenvalue weighted by Crippen LogP contribution is -2.66. The maximum atomic E-state index is 14.6. The van der Waals surface area contributed by atoms with Crippen LogP contribution in [0.3, 0.4) is 0 Å². The molecule has 5 aliphatic rings. The average molecular weight is 623 g/mol. The van der Waals surface area contributed by atoms with Crippen LogP contribution in [0, 0.1) is 50.2 Å². The highest BCUT2D eigenvalue weighted by atomic mass is 16.5. The Hall–Kier alpha value is -3.04. The summed E-state index contributed by atoms with van der Waals surface area (Å²) in [6.45, 7) is 17.3. The number of aromatic nitrogens is 3. The second-order valence-corrected chi connectivity index (χ2v) is 17.0. The van der Waals surface area contributed by atoms with Gasteiger partial charge in [-0.2, -0.15) is 4.98 Å². The number of anilines is 1. The van der Waals surface area contributed by atoms with E-state index >= 15 is 0 Å². The van der Waals surface area contributed by atoms with E-state index in [0.29, 0.717) is 12.8 Å². The molecule has 246 valence electrons. The van der Waals surface area contributed by atoms with Crippen LogP contribution in [-0.2, 0) is 19.1 Å². The third-order valence-corrected chi connectivity index (χ3v) is 14.3. The number of carboxylic acids is 1. The first-order chi connectivity index (χ1) is 20.8. The highest BCUT2D eigenvalue weighted by Gasteiger charge is 2.70. The molecule has 45 heavy (non-hydrogen) atoms. The Morgan fingerprint density at radius 3 is 2.31 bits per heavy atom. The van der Waals surface area contributed by atoms with Gasteiger partial charge in [-0.1, -0.05) is 54.0 Å². The Labute approximate surface area is 265 Å². The topological polar surface area (TPSA) is 151 Å². The summed E-state index contributed by atoms with van der Waals surface area (Å²) in [6, 6.07) is 0. The smallest absolute Gasteiger partial charge is 0.373 e. The Morgan fingerprint density at radius 2 is 1.67 bits per heavy atom. The molecule has 0 aromatic carbocycles. The van der Waals surface area contributed by atoms with Crippen molar-refractivity contribution in [3.63, 3.8) is 0 Å². The van der Waals surface area contributed by atoms with Gasteiger partial charge >= 0.3 is 11.9 Å². The van der Waals surface area contributed by atoms with Crippen molar-refractivity contribution < 1.29 is 29.0 Å². The molecular formula is C35H50N4O6. The second-order valence-electron chi connectivity index (χ2n) is 17.0. The number of rotatable bonds is 4. The van der Waals surface area contributed by atoms with Crippen LogP contribution in [0.5, 0.6) is 0 Å². The number of fused-ring (bicyclic) bond motifs is 7. The number of carbonyl (C=O) groups is 4. The van der Waals surface area contributed by atoms with Gasteiger partial charge in [0.15, 0.2) is 5.78 Å². The average Bonchev–Trinajstić information content (AvgIpc) is 3.41. The summed E-state index contributed by atoms with van der Waals surface area (Å²) in [7, 11) is 0. The maximum Gasteiger partial charge on any atom is 0.373 e. The molecule has 0 radical (unpaired) electrons. The Bertz CT molecular complexity index is 1500. The normalized spacial score (nSPS) is 43.5. The lowest BCUT2D eigenvalue weighted by molar-refractivity contribution is -0.210. The van der Waals surface area contributed by atoms with E-state index in [4.69, 9.17) is 4.74 Å². The third-order valence-electron chi connectivity index (χ3n) is 14.3. The molecule has 1 aromatic heterocycles. The molecule has 6 rings (SSSR count). The number of hydrogen-bond donors (Lipinski definition) is 3. The minimum Gasteiger partial charge on any atom is -0.475 e. The summed E-state index contributed by atoms with van der Waals surface area (Å²) in [5.74, 6) is -1.63. The van der Waals surface area contributed by atoms with Crippen LogP contribution in [0.1, 0.15) is 124 Å². The summed E-state index contributed by atoms with van der Waals surface area (Å²) < 4.78 is 5.85. The van der Waals surface area contributed by atoms with E-state index in [9.17, 15) is 24.3 Å². The van der Waals surface area contributed by atoms with Crippen LogP contribution in [-0.4, -0.2) is 50.0 Å².